The number of carbonyl (C=O) groups is 1. The van der Waals surface area contributed by atoms with Crippen molar-refractivity contribution in [2.75, 3.05) is 6.61 Å². The van der Waals surface area contributed by atoms with E-state index in [1.54, 1.807) is 6.08 Å². The lowest BCUT2D eigenvalue weighted by Crippen LogP contribution is -2.23. The Morgan fingerprint density at radius 3 is 2.73 bits per heavy atom. The molecule has 0 saturated carbocycles. The first-order chi connectivity index (χ1) is 12.6. The van der Waals surface area contributed by atoms with Crippen molar-refractivity contribution < 1.29 is 9.53 Å². The molecule has 2 rings (SSSR count). The van der Waals surface area contributed by atoms with E-state index in [2.05, 4.69) is 28.2 Å². The predicted molar refractivity (Wildman–Crippen MR) is 106 cm³/mol. The molecule has 0 atom stereocenters. The highest BCUT2D eigenvalue weighted by Gasteiger charge is 2.11. The van der Waals surface area contributed by atoms with Crippen molar-refractivity contribution in [1.29, 1.82) is 5.26 Å². The highest BCUT2D eigenvalue weighted by Crippen LogP contribution is 2.26. The summed E-state index contributed by atoms with van der Waals surface area (Å²) in [6.45, 7) is 3.06. The van der Waals surface area contributed by atoms with Gasteiger partial charge < -0.3 is 10.1 Å². The first-order valence-electron chi connectivity index (χ1n) is 8.50. The number of hydrogen-bond acceptors (Lipinski definition) is 3. The van der Waals surface area contributed by atoms with Crippen molar-refractivity contribution in [3.05, 3.63) is 69.7 Å². The third kappa shape index (κ3) is 6.05. The SMILES string of the molecule is CCCCOc1ccc(Br)cc1/C=C(/C#N)C(=O)NCc1ccccc1. The fourth-order valence-electron chi connectivity index (χ4n) is 2.27. The average Bonchev–Trinajstić information content (AvgIpc) is 2.66. The molecule has 0 unspecified atom stereocenters. The summed E-state index contributed by atoms with van der Waals surface area (Å²) in [6, 6.07) is 17.1. The highest BCUT2D eigenvalue weighted by atomic mass is 79.9. The van der Waals surface area contributed by atoms with E-state index in [1.165, 1.54) is 0 Å². The molecule has 0 aliphatic carbocycles. The van der Waals surface area contributed by atoms with Crippen molar-refractivity contribution >= 4 is 27.9 Å². The number of nitrogens with zero attached hydrogens (tertiary/aromatic N) is 1. The van der Waals surface area contributed by atoms with Crippen LogP contribution in [-0.2, 0) is 11.3 Å². The van der Waals surface area contributed by atoms with E-state index in [4.69, 9.17) is 4.74 Å². The lowest BCUT2D eigenvalue weighted by Gasteiger charge is -2.10. The second-order valence-electron chi connectivity index (χ2n) is 5.72. The smallest absolute Gasteiger partial charge is 0.262 e. The van der Waals surface area contributed by atoms with Gasteiger partial charge in [0.1, 0.15) is 17.4 Å². The topological polar surface area (TPSA) is 62.1 Å². The molecule has 26 heavy (non-hydrogen) atoms. The van der Waals surface area contributed by atoms with Gasteiger partial charge in [-0.1, -0.05) is 59.6 Å². The molecule has 0 bridgehead atoms. The lowest BCUT2D eigenvalue weighted by atomic mass is 10.1. The van der Waals surface area contributed by atoms with Gasteiger partial charge in [-0.15, -0.1) is 0 Å². The summed E-state index contributed by atoms with van der Waals surface area (Å²) in [4.78, 5) is 12.4. The first-order valence-corrected chi connectivity index (χ1v) is 9.29. The van der Waals surface area contributed by atoms with Gasteiger partial charge in [0.2, 0.25) is 0 Å². The summed E-state index contributed by atoms with van der Waals surface area (Å²) < 4.78 is 6.64. The van der Waals surface area contributed by atoms with Crippen LogP contribution in [0, 0.1) is 11.3 Å². The minimum atomic E-state index is -0.407. The predicted octanol–water partition coefficient (Wildman–Crippen LogP) is 4.85. The molecule has 0 aliphatic heterocycles. The Balaban J connectivity index is 2.15. The minimum absolute atomic E-state index is 0.0411. The second-order valence-corrected chi connectivity index (χ2v) is 6.64. The first kappa shape index (κ1) is 19.7. The molecule has 0 aliphatic rings. The third-order valence-corrected chi connectivity index (χ3v) is 4.18. The van der Waals surface area contributed by atoms with Crippen LogP contribution in [-0.4, -0.2) is 12.5 Å². The molecule has 4 nitrogen and oxygen atoms in total. The van der Waals surface area contributed by atoms with Gasteiger partial charge in [0.15, 0.2) is 0 Å². The fraction of sp³-hybridized carbons (Fsp3) is 0.238. The van der Waals surface area contributed by atoms with Crippen LogP contribution in [0.4, 0.5) is 0 Å². The summed E-state index contributed by atoms with van der Waals surface area (Å²) >= 11 is 3.42. The molecule has 134 valence electrons. The van der Waals surface area contributed by atoms with Crippen molar-refractivity contribution in [3.8, 4) is 11.8 Å². The van der Waals surface area contributed by atoms with Gasteiger partial charge in [-0.3, -0.25) is 4.79 Å². The van der Waals surface area contributed by atoms with Crippen molar-refractivity contribution in [2.45, 2.75) is 26.3 Å². The molecule has 1 amide bonds. The number of nitrogens with one attached hydrogen (secondary N) is 1. The Bertz CT molecular complexity index is 811. The number of halogens is 1. The summed E-state index contributed by atoms with van der Waals surface area (Å²) in [5.41, 5.74) is 1.71. The fourth-order valence-corrected chi connectivity index (χ4v) is 2.65. The number of rotatable bonds is 8. The summed E-state index contributed by atoms with van der Waals surface area (Å²) in [5, 5.41) is 12.2. The molecular weight excluding hydrogens is 392 g/mol. The molecular formula is C21H21BrN2O2. The van der Waals surface area contributed by atoms with E-state index in [0.717, 1.165) is 22.9 Å². The molecule has 0 heterocycles. The van der Waals surface area contributed by atoms with Crippen molar-refractivity contribution in [2.24, 2.45) is 0 Å². The molecule has 2 aromatic rings. The maximum atomic E-state index is 12.4. The Morgan fingerprint density at radius 2 is 2.04 bits per heavy atom. The van der Waals surface area contributed by atoms with E-state index in [9.17, 15) is 10.1 Å². The summed E-state index contributed by atoms with van der Waals surface area (Å²) in [7, 11) is 0. The third-order valence-electron chi connectivity index (χ3n) is 3.69. The zero-order valence-corrected chi connectivity index (χ0v) is 16.3. The number of ether oxygens (including phenoxy) is 1. The van der Waals surface area contributed by atoms with Crippen molar-refractivity contribution in [1.82, 2.24) is 5.32 Å². The van der Waals surface area contributed by atoms with Crippen LogP contribution in [0.15, 0.2) is 58.6 Å². The van der Waals surface area contributed by atoms with Gasteiger partial charge in [-0.2, -0.15) is 5.26 Å². The largest absolute Gasteiger partial charge is 0.493 e. The van der Waals surface area contributed by atoms with Crippen LogP contribution in [0.1, 0.15) is 30.9 Å². The molecule has 5 heteroatoms. The number of amides is 1. The number of carbonyl (C=O) groups excluding carboxylic acids is 1. The molecule has 0 radical (unpaired) electrons. The molecule has 0 saturated heterocycles. The summed E-state index contributed by atoms with van der Waals surface area (Å²) in [5.74, 6) is 0.251. The number of nitriles is 1. The maximum absolute atomic E-state index is 12.4. The standard InChI is InChI=1S/C21H21BrN2O2/c1-2-3-11-26-20-10-9-19(22)13-17(20)12-18(14-23)21(25)24-15-16-7-5-4-6-8-16/h4-10,12-13H,2-3,11,15H2,1H3,(H,24,25)/b18-12-. The average molecular weight is 413 g/mol. The quantitative estimate of drug-likeness (QED) is 0.382. The van der Waals surface area contributed by atoms with E-state index in [0.29, 0.717) is 24.5 Å². The zero-order valence-electron chi connectivity index (χ0n) is 14.7. The lowest BCUT2D eigenvalue weighted by molar-refractivity contribution is -0.117. The normalized spacial score (nSPS) is 10.9. The number of hydrogen-bond donors (Lipinski definition) is 1. The molecule has 1 N–H and O–H groups in total. The molecule has 0 aromatic heterocycles. The maximum Gasteiger partial charge on any atom is 0.262 e. The van der Waals surface area contributed by atoms with E-state index >= 15 is 0 Å². The van der Waals surface area contributed by atoms with Crippen LogP contribution >= 0.6 is 15.9 Å². The molecule has 0 spiro atoms. The van der Waals surface area contributed by atoms with Crippen LogP contribution in [0.5, 0.6) is 5.75 Å². The Labute approximate surface area is 162 Å². The molecule has 0 fully saturated rings. The minimum Gasteiger partial charge on any atom is -0.493 e. The second kappa shape index (κ2) is 10.4. The van der Waals surface area contributed by atoms with Crippen LogP contribution < -0.4 is 10.1 Å². The van der Waals surface area contributed by atoms with Gasteiger partial charge in [0.05, 0.1) is 6.61 Å². The molecule has 2 aromatic carbocycles. The van der Waals surface area contributed by atoms with E-state index in [-0.39, 0.29) is 5.57 Å². The van der Waals surface area contributed by atoms with Gasteiger partial charge >= 0.3 is 0 Å². The van der Waals surface area contributed by atoms with Gasteiger partial charge in [-0.05, 0) is 36.3 Å². The number of benzene rings is 2. The highest BCUT2D eigenvalue weighted by molar-refractivity contribution is 9.10. The van der Waals surface area contributed by atoms with Gasteiger partial charge in [0.25, 0.3) is 5.91 Å². The number of unbranched alkanes of at least 4 members (excludes halogenated alkanes) is 1. The van der Waals surface area contributed by atoms with Gasteiger partial charge in [-0.25, -0.2) is 0 Å². The van der Waals surface area contributed by atoms with Crippen LogP contribution in [0.3, 0.4) is 0 Å². The Hall–Kier alpha value is -2.58. The van der Waals surface area contributed by atoms with Crippen LogP contribution in [0.25, 0.3) is 6.08 Å². The van der Waals surface area contributed by atoms with Crippen molar-refractivity contribution in [3.63, 3.8) is 0 Å². The Morgan fingerprint density at radius 1 is 1.27 bits per heavy atom. The van der Waals surface area contributed by atoms with Gasteiger partial charge in [0, 0.05) is 16.6 Å². The Kier molecular flexibility index (Phi) is 7.91. The van der Waals surface area contributed by atoms with E-state index < -0.39 is 5.91 Å². The monoisotopic (exact) mass is 412 g/mol. The summed E-state index contributed by atoms with van der Waals surface area (Å²) in [6.07, 6.45) is 3.54. The van der Waals surface area contributed by atoms with Crippen LogP contribution in [0.2, 0.25) is 0 Å². The van der Waals surface area contributed by atoms with E-state index in [1.807, 2.05) is 54.6 Å². The zero-order chi connectivity index (χ0) is 18.8.